The van der Waals surface area contributed by atoms with Crippen molar-refractivity contribution in [2.45, 2.75) is 19.8 Å². The van der Waals surface area contributed by atoms with Gasteiger partial charge in [-0.15, -0.1) is 11.3 Å². The Morgan fingerprint density at radius 1 is 1.13 bits per heavy atom. The summed E-state index contributed by atoms with van der Waals surface area (Å²) >= 11 is 1.67. The highest BCUT2D eigenvalue weighted by molar-refractivity contribution is 7.22. The molecule has 0 unspecified atom stereocenters. The summed E-state index contributed by atoms with van der Waals surface area (Å²) in [5.41, 5.74) is 1.10. The second-order valence-corrected chi connectivity index (χ2v) is 6.40. The molecule has 0 aliphatic rings. The zero-order chi connectivity index (χ0) is 16.2. The lowest BCUT2D eigenvalue weighted by Crippen LogP contribution is -1.95. The van der Waals surface area contributed by atoms with Gasteiger partial charge in [-0.1, -0.05) is 13.3 Å². The first-order valence-corrected chi connectivity index (χ1v) is 8.40. The summed E-state index contributed by atoms with van der Waals surface area (Å²) in [6.45, 7) is 2.88. The van der Waals surface area contributed by atoms with E-state index in [-0.39, 0.29) is 10.6 Å². The molecule has 0 spiro atoms. The van der Waals surface area contributed by atoms with Crippen LogP contribution < -0.4 is 4.74 Å². The molecule has 3 rings (SSSR count). The van der Waals surface area contributed by atoms with Gasteiger partial charge in [0.1, 0.15) is 5.75 Å². The van der Waals surface area contributed by atoms with Gasteiger partial charge in [0, 0.05) is 21.7 Å². The first kappa shape index (κ1) is 15.5. The standard InChI is InChI=1S/C18H17NO3S/c1-2-3-10-22-16-9-6-14-11-17(23-18(14)12-16)13-4-7-15(8-5-13)19(20)21/h4-9,11-12H,2-3,10H2,1H3. The van der Waals surface area contributed by atoms with Gasteiger partial charge >= 0.3 is 0 Å². The molecule has 0 saturated carbocycles. The van der Waals surface area contributed by atoms with Crippen LogP contribution in [0, 0.1) is 10.1 Å². The van der Waals surface area contributed by atoms with E-state index in [1.54, 1.807) is 35.6 Å². The molecule has 118 valence electrons. The highest BCUT2D eigenvalue weighted by Crippen LogP contribution is 2.35. The topological polar surface area (TPSA) is 52.4 Å². The molecule has 0 atom stereocenters. The zero-order valence-electron chi connectivity index (χ0n) is 12.8. The molecular formula is C18H17NO3S. The Labute approximate surface area is 138 Å². The van der Waals surface area contributed by atoms with Crippen molar-refractivity contribution in [1.82, 2.24) is 0 Å². The predicted molar refractivity (Wildman–Crippen MR) is 94.3 cm³/mol. The normalized spacial score (nSPS) is 10.8. The smallest absolute Gasteiger partial charge is 0.269 e. The van der Waals surface area contributed by atoms with Crippen LogP contribution in [-0.4, -0.2) is 11.5 Å². The molecule has 3 aromatic rings. The summed E-state index contributed by atoms with van der Waals surface area (Å²) in [7, 11) is 0. The maximum Gasteiger partial charge on any atom is 0.269 e. The third kappa shape index (κ3) is 3.51. The Hall–Kier alpha value is -2.40. The molecule has 4 nitrogen and oxygen atoms in total. The Kier molecular flexibility index (Phi) is 4.57. The van der Waals surface area contributed by atoms with E-state index < -0.39 is 0 Å². The molecule has 0 amide bonds. The first-order chi connectivity index (χ1) is 11.2. The fourth-order valence-corrected chi connectivity index (χ4v) is 3.42. The second-order valence-electron chi connectivity index (χ2n) is 5.32. The van der Waals surface area contributed by atoms with Crippen molar-refractivity contribution in [1.29, 1.82) is 0 Å². The first-order valence-electron chi connectivity index (χ1n) is 7.58. The van der Waals surface area contributed by atoms with Crippen molar-refractivity contribution in [2.75, 3.05) is 6.61 Å². The molecule has 0 saturated heterocycles. The summed E-state index contributed by atoms with van der Waals surface area (Å²) in [6.07, 6.45) is 2.17. The average molecular weight is 327 g/mol. The van der Waals surface area contributed by atoms with E-state index in [4.69, 9.17) is 4.74 Å². The Bertz CT molecular complexity index is 824. The third-order valence-corrected chi connectivity index (χ3v) is 4.77. The number of rotatable bonds is 6. The van der Waals surface area contributed by atoms with Crippen molar-refractivity contribution in [2.24, 2.45) is 0 Å². The highest BCUT2D eigenvalue weighted by Gasteiger charge is 2.08. The number of ether oxygens (including phenoxy) is 1. The summed E-state index contributed by atoms with van der Waals surface area (Å²) in [5, 5.41) is 11.9. The summed E-state index contributed by atoms with van der Waals surface area (Å²) in [5.74, 6) is 0.892. The maximum absolute atomic E-state index is 10.7. The molecule has 1 aromatic heterocycles. The van der Waals surface area contributed by atoms with Crippen molar-refractivity contribution in [3.63, 3.8) is 0 Å². The van der Waals surface area contributed by atoms with E-state index >= 15 is 0 Å². The van der Waals surface area contributed by atoms with Crippen molar-refractivity contribution in [3.8, 4) is 16.2 Å². The minimum absolute atomic E-state index is 0.112. The lowest BCUT2D eigenvalue weighted by molar-refractivity contribution is -0.384. The van der Waals surface area contributed by atoms with E-state index in [0.717, 1.165) is 45.7 Å². The number of benzene rings is 2. The van der Waals surface area contributed by atoms with Gasteiger partial charge in [0.2, 0.25) is 0 Å². The Balaban J connectivity index is 1.85. The number of hydrogen-bond donors (Lipinski definition) is 0. The quantitative estimate of drug-likeness (QED) is 0.334. The number of hydrogen-bond acceptors (Lipinski definition) is 4. The van der Waals surface area contributed by atoms with Crippen LogP contribution in [0.4, 0.5) is 5.69 Å². The molecule has 5 heteroatoms. The molecule has 0 fully saturated rings. The number of nitro benzene ring substituents is 1. The lowest BCUT2D eigenvalue weighted by Gasteiger charge is -2.04. The van der Waals surface area contributed by atoms with Gasteiger partial charge in [0.05, 0.1) is 11.5 Å². The minimum Gasteiger partial charge on any atom is -0.494 e. The van der Waals surface area contributed by atoms with Crippen LogP contribution in [0.5, 0.6) is 5.75 Å². The average Bonchev–Trinajstić information content (AvgIpc) is 2.98. The van der Waals surface area contributed by atoms with Crippen molar-refractivity contribution in [3.05, 3.63) is 58.6 Å². The van der Waals surface area contributed by atoms with Gasteiger partial charge in [-0.25, -0.2) is 0 Å². The monoisotopic (exact) mass is 327 g/mol. The largest absolute Gasteiger partial charge is 0.494 e. The van der Waals surface area contributed by atoms with Gasteiger partial charge in [-0.3, -0.25) is 10.1 Å². The second kappa shape index (κ2) is 6.79. The van der Waals surface area contributed by atoms with Crippen LogP contribution in [0.1, 0.15) is 19.8 Å². The maximum atomic E-state index is 10.7. The lowest BCUT2D eigenvalue weighted by atomic mass is 10.1. The fourth-order valence-electron chi connectivity index (χ4n) is 2.33. The van der Waals surface area contributed by atoms with Gasteiger partial charge in [-0.05, 0) is 53.8 Å². The van der Waals surface area contributed by atoms with E-state index in [0.29, 0.717) is 0 Å². The minimum atomic E-state index is -0.380. The van der Waals surface area contributed by atoms with Gasteiger partial charge in [-0.2, -0.15) is 0 Å². The highest BCUT2D eigenvalue weighted by atomic mass is 32.1. The van der Waals surface area contributed by atoms with Crippen molar-refractivity contribution < 1.29 is 9.66 Å². The molecule has 0 radical (unpaired) electrons. The molecule has 0 N–H and O–H groups in total. The molecule has 2 aromatic carbocycles. The van der Waals surface area contributed by atoms with Gasteiger partial charge in [0.25, 0.3) is 5.69 Å². The number of fused-ring (bicyclic) bond motifs is 1. The number of nitro groups is 1. The summed E-state index contributed by atoms with van der Waals surface area (Å²) in [6, 6.07) is 14.9. The zero-order valence-corrected chi connectivity index (χ0v) is 13.6. The van der Waals surface area contributed by atoms with Crippen LogP contribution in [-0.2, 0) is 0 Å². The fraction of sp³-hybridized carbons (Fsp3) is 0.222. The SMILES string of the molecule is CCCCOc1ccc2cc(-c3ccc([N+](=O)[O-])cc3)sc2c1. The number of unbranched alkanes of at least 4 members (excludes halogenated alkanes) is 1. The van der Waals surface area contributed by atoms with Crippen LogP contribution >= 0.6 is 11.3 Å². The molecular weight excluding hydrogens is 310 g/mol. The van der Waals surface area contributed by atoms with Crippen LogP contribution in [0.3, 0.4) is 0 Å². The van der Waals surface area contributed by atoms with Gasteiger partial charge < -0.3 is 4.74 Å². The van der Waals surface area contributed by atoms with E-state index in [1.807, 2.05) is 6.07 Å². The van der Waals surface area contributed by atoms with E-state index in [1.165, 1.54) is 0 Å². The van der Waals surface area contributed by atoms with Gasteiger partial charge in [0.15, 0.2) is 0 Å². The molecule has 23 heavy (non-hydrogen) atoms. The number of nitrogens with zero attached hydrogens (tertiary/aromatic N) is 1. The number of non-ortho nitro benzene ring substituents is 1. The Morgan fingerprint density at radius 2 is 1.91 bits per heavy atom. The number of thiophene rings is 1. The third-order valence-electron chi connectivity index (χ3n) is 3.62. The van der Waals surface area contributed by atoms with Crippen LogP contribution in [0.15, 0.2) is 48.5 Å². The Morgan fingerprint density at radius 3 is 2.61 bits per heavy atom. The molecule has 0 bridgehead atoms. The molecule has 0 aliphatic heterocycles. The van der Waals surface area contributed by atoms with E-state index in [2.05, 4.69) is 25.1 Å². The van der Waals surface area contributed by atoms with Crippen molar-refractivity contribution >= 4 is 27.1 Å². The summed E-state index contributed by atoms with van der Waals surface area (Å²) in [4.78, 5) is 11.4. The van der Waals surface area contributed by atoms with E-state index in [9.17, 15) is 10.1 Å². The van der Waals surface area contributed by atoms with Crippen LogP contribution in [0.2, 0.25) is 0 Å². The molecule has 0 aliphatic carbocycles. The van der Waals surface area contributed by atoms with Crippen LogP contribution in [0.25, 0.3) is 20.5 Å². The molecule has 1 heterocycles. The summed E-state index contributed by atoms with van der Waals surface area (Å²) < 4.78 is 6.90. The predicted octanol–water partition coefficient (Wildman–Crippen LogP) is 5.66.